The van der Waals surface area contributed by atoms with Crippen LogP contribution in [0, 0.1) is 0 Å². The molecule has 2 saturated carbocycles. The molecule has 0 aliphatic heterocycles. The number of hydrogen-bond donors (Lipinski definition) is 1. The van der Waals surface area contributed by atoms with Crippen LogP contribution in [0.25, 0.3) is 11.3 Å². The van der Waals surface area contributed by atoms with Crippen molar-refractivity contribution in [1.82, 2.24) is 4.98 Å². The number of nitrogens with one attached hydrogen (secondary N) is 1. The van der Waals surface area contributed by atoms with Crippen LogP contribution < -0.4 is 5.32 Å². The lowest BCUT2D eigenvalue weighted by atomic mass is 9.99. The molecule has 0 atom stereocenters. The Balaban J connectivity index is 0.000000252. The third kappa shape index (κ3) is 5.11. The third-order valence-corrected chi connectivity index (χ3v) is 3.93. The second kappa shape index (κ2) is 7.99. The molecule has 3 nitrogen and oxygen atoms in total. The fraction of sp³-hybridized carbons (Fsp3) is 0.368. The van der Waals surface area contributed by atoms with Gasteiger partial charge < -0.3 is 10.1 Å². The summed E-state index contributed by atoms with van der Waals surface area (Å²) in [6.07, 6.45) is 4.73. The Morgan fingerprint density at radius 2 is 1.83 bits per heavy atom. The van der Waals surface area contributed by atoms with Crippen molar-refractivity contribution in [3.63, 3.8) is 0 Å². The number of pyridine rings is 1. The summed E-state index contributed by atoms with van der Waals surface area (Å²) in [5, 5.41) is 3.20. The van der Waals surface area contributed by atoms with E-state index < -0.39 is 5.92 Å². The van der Waals surface area contributed by atoms with E-state index >= 15 is 0 Å². The van der Waals surface area contributed by atoms with Gasteiger partial charge in [-0.05, 0) is 48.6 Å². The smallest absolute Gasteiger partial charge is 0.248 e. The third-order valence-electron chi connectivity index (χ3n) is 3.93. The molecule has 4 rings (SSSR count). The van der Waals surface area contributed by atoms with Crippen LogP contribution in [0.1, 0.15) is 37.2 Å². The van der Waals surface area contributed by atoms with Crippen LogP contribution in [-0.2, 0) is 4.79 Å². The molecular formula is C19H22F2N2O. The van der Waals surface area contributed by atoms with Crippen molar-refractivity contribution in [3.05, 3.63) is 48.2 Å². The molecule has 1 aromatic heterocycles. The van der Waals surface area contributed by atoms with Crippen molar-refractivity contribution in [3.8, 4) is 11.3 Å². The van der Waals surface area contributed by atoms with Gasteiger partial charge in [-0.2, -0.15) is 0 Å². The lowest BCUT2D eigenvalue weighted by Gasteiger charge is -2.10. The minimum Gasteiger partial charge on any atom is -0.388 e. The van der Waals surface area contributed by atoms with Crippen molar-refractivity contribution in [2.45, 2.75) is 37.5 Å². The zero-order chi connectivity index (χ0) is 17.6. The lowest BCUT2D eigenvalue weighted by molar-refractivity contribution is -0.0980. The molecule has 2 aliphatic rings. The normalized spacial score (nSPS) is 16.8. The average molecular weight is 332 g/mol. The molecule has 0 radical (unpaired) electrons. The molecule has 0 bridgehead atoms. The van der Waals surface area contributed by atoms with Crippen molar-refractivity contribution >= 4 is 12.5 Å². The van der Waals surface area contributed by atoms with E-state index in [1.54, 1.807) is 0 Å². The molecule has 0 saturated heterocycles. The molecule has 2 aromatic rings. The van der Waals surface area contributed by atoms with E-state index in [-0.39, 0.29) is 12.8 Å². The highest BCUT2D eigenvalue weighted by Crippen LogP contribution is 2.44. The van der Waals surface area contributed by atoms with Crippen molar-refractivity contribution < 1.29 is 13.6 Å². The van der Waals surface area contributed by atoms with Crippen LogP contribution >= 0.6 is 0 Å². The van der Waals surface area contributed by atoms with Gasteiger partial charge >= 0.3 is 0 Å². The topological polar surface area (TPSA) is 42.0 Å². The van der Waals surface area contributed by atoms with E-state index in [4.69, 9.17) is 4.79 Å². The van der Waals surface area contributed by atoms with E-state index in [1.165, 1.54) is 24.0 Å². The van der Waals surface area contributed by atoms with Crippen LogP contribution in [0.4, 0.5) is 14.5 Å². The number of alkyl halides is 2. The number of carbonyl (C=O) groups is 1. The maximum Gasteiger partial charge on any atom is 0.248 e. The number of carbonyl (C=O) groups excluding carboxylic acids is 1. The van der Waals surface area contributed by atoms with E-state index in [1.807, 2.05) is 32.2 Å². The highest BCUT2D eigenvalue weighted by atomic mass is 19.3. The molecule has 1 aromatic carbocycles. The second-order valence-corrected chi connectivity index (χ2v) is 5.90. The first-order valence-corrected chi connectivity index (χ1v) is 7.99. The van der Waals surface area contributed by atoms with E-state index in [9.17, 15) is 8.78 Å². The highest BCUT2D eigenvalue weighted by Gasteiger charge is 2.43. The van der Waals surface area contributed by atoms with Gasteiger partial charge in [0.05, 0.1) is 5.69 Å². The summed E-state index contributed by atoms with van der Waals surface area (Å²) in [5.41, 5.74) is 4.95. The number of nitrogens with zero attached hydrogens (tertiary/aromatic N) is 1. The number of rotatable bonds is 3. The van der Waals surface area contributed by atoms with Crippen LogP contribution in [0.2, 0.25) is 0 Å². The van der Waals surface area contributed by atoms with E-state index in [0.717, 1.165) is 17.3 Å². The van der Waals surface area contributed by atoms with Gasteiger partial charge in [-0.1, -0.05) is 12.1 Å². The van der Waals surface area contributed by atoms with Gasteiger partial charge in [0, 0.05) is 37.3 Å². The molecule has 24 heavy (non-hydrogen) atoms. The summed E-state index contributed by atoms with van der Waals surface area (Å²) in [7, 11) is 1.95. The second-order valence-electron chi connectivity index (χ2n) is 5.90. The number of benzene rings is 1. The van der Waals surface area contributed by atoms with E-state index in [0.29, 0.717) is 0 Å². The monoisotopic (exact) mass is 332 g/mol. The first-order valence-electron chi connectivity index (χ1n) is 7.99. The fourth-order valence-electron chi connectivity index (χ4n) is 2.30. The van der Waals surface area contributed by atoms with Crippen LogP contribution in [0.5, 0.6) is 0 Å². The molecule has 2 aliphatic carbocycles. The Morgan fingerprint density at radius 3 is 2.29 bits per heavy atom. The Bertz CT molecular complexity index is 652. The highest BCUT2D eigenvalue weighted by molar-refractivity contribution is 5.70. The molecule has 5 heteroatoms. The largest absolute Gasteiger partial charge is 0.388 e. The van der Waals surface area contributed by atoms with Gasteiger partial charge in [-0.3, -0.25) is 4.98 Å². The maximum absolute atomic E-state index is 11.1. The number of halogens is 2. The summed E-state index contributed by atoms with van der Waals surface area (Å²) in [6, 6.07) is 12.7. The minimum absolute atomic E-state index is 0.118. The predicted octanol–water partition coefficient (Wildman–Crippen LogP) is 4.90. The number of hydrogen-bond acceptors (Lipinski definition) is 3. The molecule has 1 N–H and O–H groups in total. The van der Waals surface area contributed by atoms with Crippen molar-refractivity contribution in [2.24, 2.45) is 0 Å². The Morgan fingerprint density at radius 1 is 1.17 bits per heavy atom. The summed E-state index contributed by atoms with van der Waals surface area (Å²) in [6.45, 7) is 2.00. The molecule has 0 spiro atoms. The van der Waals surface area contributed by atoms with Gasteiger partial charge in [-0.25, -0.2) is 8.78 Å². The zero-order valence-corrected chi connectivity index (χ0v) is 13.8. The predicted molar refractivity (Wildman–Crippen MR) is 92.5 cm³/mol. The van der Waals surface area contributed by atoms with Gasteiger partial charge in [-0.15, -0.1) is 0 Å². The molecule has 0 amide bonds. The SMILES string of the molecule is C=O.CNc1ccc(C2CC2)c(-c2ccccn2)c1.FC1(F)CC1. The van der Waals surface area contributed by atoms with Gasteiger partial charge in [0.2, 0.25) is 5.92 Å². The van der Waals surface area contributed by atoms with Gasteiger partial charge in [0.25, 0.3) is 0 Å². The van der Waals surface area contributed by atoms with Crippen molar-refractivity contribution in [1.29, 1.82) is 0 Å². The molecule has 1 heterocycles. The average Bonchev–Trinajstić information content (AvgIpc) is 3.56. The summed E-state index contributed by atoms with van der Waals surface area (Å²) in [5.74, 6) is -1.50. The first kappa shape index (κ1) is 18.0. The zero-order valence-electron chi connectivity index (χ0n) is 13.8. The molecule has 0 unspecified atom stereocenters. The molecular weight excluding hydrogens is 310 g/mol. The summed E-state index contributed by atoms with van der Waals surface area (Å²) >= 11 is 0. The van der Waals surface area contributed by atoms with Crippen molar-refractivity contribution in [2.75, 3.05) is 12.4 Å². The van der Waals surface area contributed by atoms with E-state index in [2.05, 4.69) is 34.6 Å². The minimum atomic E-state index is -2.25. The van der Waals surface area contributed by atoms with Crippen LogP contribution in [0.15, 0.2) is 42.6 Å². The molecule has 2 fully saturated rings. The summed E-state index contributed by atoms with van der Waals surface area (Å²) in [4.78, 5) is 12.5. The first-order chi connectivity index (χ1) is 11.6. The lowest BCUT2D eigenvalue weighted by Crippen LogP contribution is -1.93. The van der Waals surface area contributed by atoms with Crippen LogP contribution in [0.3, 0.4) is 0 Å². The van der Waals surface area contributed by atoms with Crippen LogP contribution in [-0.4, -0.2) is 24.7 Å². The quantitative estimate of drug-likeness (QED) is 0.869. The van der Waals surface area contributed by atoms with Gasteiger partial charge in [0.1, 0.15) is 6.79 Å². The Kier molecular flexibility index (Phi) is 6.01. The molecule has 128 valence electrons. The number of aromatic nitrogens is 1. The maximum atomic E-state index is 11.1. The summed E-state index contributed by atoms with van der Waals surface area (Å²) < 4.78 is 22.3. The fourth-order valence-corrected chi connectivity index (χ4v) is 2.30. The standard InChI is InChI=1S/C15H16N2.C3H4F2.CH2O/c1-16-12-7-8-13(11-5-6-11)14(10-12)15-4-2-3-9-17-15;4-3(5)1-2-3;1-2/h2-4,7-11,16H,5-6H2,1H3;1-2H2;1H2. The van der Waals surface area contributed by atoms with Gasteiger partial charge in [0.15, 0.2) is 0 Å². The number of anilines is 1. The Labute approximate surface area is 141 Å². The Hall–Kier alpha value is -2.30.